The van der Waals surface area contributed by atoms with Crippen LogP contribution >= 0.6 is 0 Å². The van der Waals surface area contributed by atoms with Gasteiger partial charge in [0.1, 0.15) is 0 Å². The van der Waals surface area contributed by atoms with Crippen LogP contribution in [-0.2, 0) is 9.47 Å². The second kappa shape index (κ2) is 4.96. The summed E-state index contributed by atoms with van der Waals surface area (Å²) in [6.45, 7) is 8.20. The van der Waals surface area contributed by atoms with E-state index in [4.69, 9.17) is 9.47 Å². The highest BCUT2D eigenvalue weighted by molar-refractivity contribution is 5.00. The zero-order valence-corrected chi connectivity index (χ0v) is 10.0. The molecule has 0 spiro atoms. The fourth-order valence-electron chi connectivity index (χ4n) is 1.73. The van der Waals surface area contributed by atoms with Gasteiger partial charge in [-0.1, -0.05) is 0 Å². The summed E-state index contributed by atoms with van der Waals surface area (Å²) < 4.78 is 10.9. The molecule has 1 saturated heterocycles. The lowest BCUT2D eigenvalue weighted by Gasteiger charge is -2.31. The highest BCUT2D eigenvalue weighted by atomic mass is 16.5. The van der Waals surface area contributed by atoms with Gasteiger partial charge in [-0.15, -0.1) is 0 Å². The summed E-state index contributed by atoms with van der Waals surface area (Å²) in [5.74, 6) is 0. The van der Waals surface area contributed by atoms with E-state index >= 15 is 0 Å². The molecule has 0 saturated carbocycles. The van der Waals surface area contributed by atoms with E-state index < -0.39 is 0 Å². The fourth-order valence-corrected chi connectivity index (χ4v) is 1.73. The Morgan fingerprint density at radius 1 is 1.33 bits per heavy atom. The van der Waals surface area contributed by atoms with Gasteiger partial charge in [-0.2, -0.15) is 5.26 Å². The van der Waals surface area contributed by atoms with Crippen LogP contribution in [0.25, 0.3) is 0 Å². The van der Waals surface area contributed by atoms with Gasteiger partial charge in [0.15, 0.2) is 0 Å². The summed E-state index contributed by atoms with van der Waals surface area (Å²) >= 11 is 0. The Labute approximate surface area is 92.4 Å². The number of hydrogen-bond acceptors (Lipinski definition) is 3. The Hall–Kier alpha value is -0.590. The van der Waals surface area contributed by atoms with Crippen molar-refractivity contribution < 1.29 is 9.47 Å². The molecule has 15 heavy (non-hydrogen) atoms. The van der Waals surface area contributed by atoms with Gasteiger partial charge in [0.2, 0.25) is 0 Å². The Balaban J connectivity index is 2.37. The van der Waals surface area contributed by atoms with Crippen LogP contribution in [0.2, 0.25) is 0 Å². The van der Waals surface area contributed by atoms with Crippen LogP contribution in [0.5, 0.6) is 0 Å². The lowest BCUT2D eigenvalue weighted by Crippen LogP contribution is -2.31. The van der Waals surface area contributed by atoms with E-state index in [0.29, 0.717) is 19.8 Å². The number of nitriles is 1. The average Bonchev–Trinajstić information content (AvgIpc) is 2.17. The van der Waals surface area contributed by atoms with Crippen LogP contribution in [0.1, 0.15) is 40.0 Å². The molecule has 1 fully saturated rings. The highest BCUT2D eigenvalue weighted by Crippen LogP contribution is 2.33. The zero-order chi connectivity index (χ0) is 11.4. The maximum absolute atomic E-state index is 9.21. The van der Waals surface area contributed by atoms with Crippen LogP contribution < -0.4 is 0 Å². The molecule has 1 rings (SSSR count). The Morgan fingerprint density at radius 3 is 2.40 bits per heavy atom. The van der Waals surface area contributed by atoms with E-state index in [0.717, 1.165) is 19.3 Å². The van der Waals surface area contributed by atoms with Crippen molar-refractivity contribution in [1.82, 2.24) is 0 Å². The molecule has 3 nitrogen and oxygen atoms in total. The first-order chi connectivity index (χ1) is 6.97. The molecule has 1 aliphatic heterocycles. The van der Waals surface area contributed by atoms with Crippen molar-refractivity contribution in [3.63, 3.8) is 0 Å². The first-order valence-corrected chi connectivity index (χ1v) is 5.60. The lowest BCUT2D eigenvalue weighted by atomic mass is 9.79. The van der Waals surface area contributed by atoms with Gasteiger partial charge in [-0.05, 0) is 40.0 Å². The summed E-state index contributed by atoms with van der Waals surface area (Å²) in [6, 6.07) is 2.44. The van der Waals surface area contributed by atoms with Crippen LogP contribution in [-0.4, -0.2) is 25.4 Å². The van der Waals surface area contributed by atoms with Crippen molar-refractivity contribution in [2.75, 3.05) is 19.8 Å². The molecule has 0 atom stereocenters. The average molecular weight is 211 g/mol. The molecule has 0 aliphatic carbocycles. The highest BCUT2D eigenvalue weighted by Gasteiger charge is 2.32. The van der Waals surface area contributed by atoms with Gasteiger partial charge in [0.25, 0.3) is 0 Å². The summed E-state index contributed by atoms with van der Waals surface area (Å²) in [6.07, 6.45) is 2.51. The third kappa shape index (κ3) is 4.19. The number of ether oxygens (including phenoxy) is 2. The largest absolute Gasteiger partial charge is 0.381 e. The molecule has 0 aromatic carbocycles. The Morgan fingerprint density at radius 2 is 1.93 bits per heavy atom. The summed E-state index contributed by atoms with van der Waals surface area (Å²) in [5, 5.41) is 9.21. The van der Waals surface area contributed by atoms with Crippen molar-refractivity contribution in [3.8, 4) is 6.07 Å². The topological polar surface area (TPSA) is 42.2 Å². The van der Waals surface area contributed by atoms with Crippen LogP contribution in [0.3, 0.4) is 0 Å². The molecule has 0 aromatic rings. The van der Waals surface area contributed by atoms with E-state index in [2.05, 4.69) is 6.07 Å². The zero-order valence-electron chi connectivity index (χ0n) is 10.0. The molecule has 1 aliphatic rings. The first kappa shape index (κ1) is 12.5. The smallest absolute Gasteiger partial charge is 0.0692 e. The van der Waals surface area contributed by atoms with E-state index in [1.165, 1.54) is 0 Å². The molecule has 0 aromatic heterocycles. The quantitative estimate of drug-likeness (QED) is 0.720. The van der Waals surface area contributed by atoms with E-state index in [1.54, 1.807) is 0 Å². The first-order valence-electron chi connectivity index (χ1n) is 5.60. The molecule has 0 radical (unpaired) electrons. The lowest BCUT2D eigenvalue weighted by molar-refractivity contribution is -0.0297. The van der Waals surface area contributed by atoms with Crippen molar-refractivity contribution in [2.24, 2.45) is 5.41 Å². The van der Waals surface area contributed by atoms with Gasteiger partial charge in [-0.3, -0.25) is 0 Å². The molecular formula is C12H21NO2. The number of hydrogen-bond donors (Lipinski definition) is 0. The molecule has 3 heteroatoms. The van der Waals surface area contributed by atoms with E-state index in [-0.39, 0.29) is 11.0 Å². The normalized spacial score (nSPS) is 20.9. The van der Waals surface area contributed by atoms with E-state index in [9.17, 15) is 5.26 Å². The SMILES string of the molecule is CC(C)(C)OCCC1(C#N)CCOCC1. The summed E-state index contributed by atoms with van der Waals surface area (Å²) in [5.41, 5.74) is -0.314. The van der Waals surface area contributed by atoms with Gasteiger partial charge < -0.3 is 9.47 Å². The van der Waals surface area contributed by atoms with Gasteiger partial charge in [0, 0.05) is 19.8 Å². The monoisotopic (exact) mass is 211 g/mol. The molecule has 0 bridgehead atoms. The van der Waals surface area contributed by atoms with Gasteiger partial charge >= 0.3 is 0 Å². The molecule has 1 heterocycles. The van der Waals surface area contributed by atoms with Crippen molar-refractivity contribution in [3.05, 3.63) is 0 Å². The Bertz CT molecular complexity index is 231. The maximum atomic E-state index is 9.21. The minimum Gasteiger partial charge on any atom is -0.381 e. The van der Waals surface area contributed by atoms with Crippen LogP contribution in [0.15, 0.2) is 0 Å². The summed E-state index contributed by atoms with van der Waals surface area (Å²) in [4.78, 5) is 0. The number of nitrogens with zero attached hydrogens (tertiary/aromatic N) is 1. The molecule has 0 amide bonds. The van der Waals surface area contributed by atoms with Crippen molar-refractivity contribution in [1.29, 1.82) is 5.26 Å². The molecule has 0 unspecified atom stereocenters. The minimum atomic E-state index is -0.205. The molecular weight excluding hydrogens is 190 g/mol. The summed E-state index contributed by atoms with van der Waals surface area (Å²) in [7, 11) is 0. The second-order valence-corrected chi connectivity index (χ2v) is 5.22. The number of rotatable bonds is 3. The third-order valence-electron chi connectivity index (χ3n) is 2.80. The van der Waals surface area contributed by atoms with Crippen LogP contribution in [0.4, 0.5) is 0 Å². The van der Waals surface area contributed by atoms with Gasteiger partial charge in [0.05, 0.1) is 17.1 Å². The molecule has 0 N–H and O–H groups in total. The fraction of sp³-hybridized carbons (Fsp3) is 0.917. The second-order valence-electron chi connectivity index (χ2n) is 5.22. The third-order valence-corrected chi connectivity index (χ3v) is 2.80. The predicted octanol–water partition coefficient (Wildman–Crippen LogP) is 2.51. The molecule has 86 valence electrons. The standard InChI is InChI=1S/C12H21NO2/c1-11(2,3)15-9-6-12(10-13)4-7-14-8-5-12/h4-9H2,1-3H3. The van der Waals surface area contributed by atoms with Crippen molar-refractivity contribution >= 4 is 0 Å². The van der Waals surface area contributed by atoms with Crippen molar-refractivity contribution in [2.45, 2.75) is 45.6 Å². The predicted molar refractivity (Wildman–Crippen MR) is 58.4 cm³/mol. The van der Waals surface area contributed by atoms with Crippen LogP contribution in [0, 0.1) is 16.7 Å². The van der Waals surface area contributed by atoms with E-state index in [1.807, 2.05) is 20.8 Å². The minimum absolute atomic E-state index is 0.109. The Kier molecular flexibility index (Phi) is 4.12. The van der Waals surface area contributed by atoms with Gasteiger partial charge in [-0.25, -0.2) is 0 Å². The maximum Gasteiger partial charge on any atom is 0.0692 e.